The second kappa shape index (κ2) is 11.5. The summed E-state index contributed by atoms with van der Waals surface area (Å²) in [7, 11) is 6.32. The van der Waals surface area contributed by atoms with Gasteiger partial charge in [0.2, 0.25) is 0 Å². The van der Waals surface area contributed by atoms with Gasteiger partial charge in [0.1, 0.15) is 17.1 Å². The molecule has 0 unspecified atom stereocenters. The maximum absolute atomic E-state index is 14.3. The van der Waals surface area contributed by atoms with Gasteiger partial charge in [-0.05, 0) is 36.4 Å². The molecule has 188 valence electrons. The Morgan fingerprint density at radius 2 is 0.771 bits per heavy atom. The van der Waals surface area contributed by atoms with Gasteiger partial charge < -0.3 is 45.5 Å². The number of phosphoric acid groups is 1. The molecule has 0 bridgehead atoms. The summed E-state index contributed by atoms with van der Waals surface area (Å²) in [5.41, 5.74) is 4.11. The smallest absolute Gasteiger partial charge is 0.386 e. The first-order valence-corrected chi connectivity index (χ1v) is 12.5. The third-order valence-electron chi connectivity index (χ3n) is 5.27. The fourth-order valence-corrected chi connectivity index (χ4v) is 4.93. The molecule has 0 aliphatic heterocycles. The molecule has 0 spiro atoms. The fourth-order valence-electron chi connectivity index (χ4n) is 3.64. The highest BCUT2D eigenvalue weighted by Gasteiger charge is 2.36. The van der Waals surface area contributed by atoms with Gasteiger partial charge >= 0.3 is 7.82 Å². The number of nitrogens with one attached hydrogen (secondary N) is 6. The molecule has 0 fully saturated rings. The Balaban J connectivity index is 2.13. The van der Waals surface area contributed by atoms with E-state index >= 15 is 0 Å². The number of anilines is 6. The minimum Gasteiger partial charge on any atom is -0.386 e. The Morgan fingerprint density at radius 3 is 1.00 bits per heavy atom. The molecule has 0 amide bonds. The number of hydrogen-bond acceptors (Lipinski definition) is 10. The Hall–Kier alpha value is -3.91. The van der Waals surface area contributed by atoms with Crippen molar-refractivity contribution >= 4 is 41.9 Å². The van der Waals surface area contributed by atoms with Crippen molar-refractivity contribution in [2.24, 2.45) is 0 Å². The van der Waals surface area contributed by atoms with Crippen LogP contribution < -0.4 is 45.5 Å². The zero-order chi connectivity index (χ0) is 25.4. The minimum absolute atomic E-state index is 0.300. The van der Waals surface area contributed by atoms with Crippen LogP contribution in [0, 0.1) is 0 Å². The Bertz CT molecular complexity index is 1060. The monoisotopic (exact) mass is 500 g/mol. The zero-order valence-corrected chi connectivity index (χ0v) is 21.7. The predicted molar refractivity (Wildman–Crippen MR) is 146 cm³/mol. The molecule has 10 nitrogen and oxygen atoms in total. The third kappa shape index (κ3) is 5.60. The molecule has 11 heteroatoms. The maximum atomic E-state index is 14.3. The van der Waals surface area contributed by atoms with Gasteiger partial charge in [-0.2, -0.15) is 4.57 Å². The van der Waals surface area contributed by atoms with Crippen molar-refractivity contribution in [1.29, 1.82) is 0 Å². The second-order valence-corrected chi connectivity index (χ2v) is 8.70. The quantitative estimate of drug-likeness (QED) is 0.176. The lowest BCUT2D eigenvalue weighted by atomic mass is 10.2. The molecule has 3 aromatic rings. The minimum atomic E-state index is -4.30. The van der Waals surface area contributed by atoms with E-state index in [0.717, 1.165) is 17.1 Å². The number of benzene rings is 3. The van der Waals surface area contributed by atoms with Gasteiger partial charge in [0, 0.05) is 42.3 Å². The SMILES string of the molecule is CNc1cccc(OP(=O)(Oc2cccc(NC)c2NC)Oc2cccc(NC)c2NC)c1NC. The van der Waals surface area contributed by atoms with Crippen molar-refractivity contribution in [2.45, 2.75) is 0 Å². The maximum Gasteiger partial charge on any atom is 0.647 e. The average molecular weight is 501 g/mol. The molecule has 6 N–H and O–H groups in total. The molecule has 0 aromatic heterocycles. The van der Waals surface area contributed by atoms with Gasteiger partial charge in [-0.25, -0.2) is 0 Å². The molecular formula is C24H33N6O4P. The predicted octanol–water partition coefficient (Wildman–Crippen LogP) is 5.58. The van der Waals surface area contributed by atoms with Crippen molar-refractivity contribution in [3.8, 4) is 17.2 Å². The van der Waals surface area contributed by atoms with Crippen molar-refractivity contribution in [1.82, 2.24) is 0 Å². The van der Waals surface area contributed by atoms with Crippen LogP contribution in [0.1, 0.15) is 0 Å². The Kier molecular flexibility index (Phi) is 8.43. The highest BCUT2D eigenvalue weighted by Crippen LogP contribution is 2.55. The molecule has 3 rings (SSSR count). The first-order chi connectivity index (χ1) is 16.9. The van der Waals surface area contributed by atoms with Crippen LogP contribution in [-0.2, 0) is 4.57 Å². The van der Waals surface area contributed by atoms with E-state index in [0.29, 0.717) is 34.3 Å². The number of hydrogen-bond donors (Lipinski definition) is 6. The third-order valence-corrected chi connectivity index (χ3v) is 6.53. The van der Waals surface area contributed by atoms with Crippen LogP contribution in [0.2, 0.25) is 0 Å². The summed E-state index contributed by atoms with van der Waals surface area (Å²) in [5, 5.41) is 18.5. The molecule has 0 atom stereocenters. The molecule has 0 radical (unpaired) electrons. The fraction of sp³-hybridized carbons (Fsp3) is 0.250. The highest BCUT2D eigenvalue weighted by atomic mass is 31.2. The lowest BCUT2D eigenvalue weighted by molar-refractivity contribution is 0.300. The summed E-state index contributed by atoms with van der Waals surface area (Å²) >= 11 is 0. The topological polar surface area (TPSA) is 117 Å². The zero-order valence-electron chi connectivity index (χ0n) is 20.8. The van der Waals surface area contributed by atoms with Gasteiger partial charge in [0.15, 0.2) is 17.2 Å². The van der Waals surface area contributed by atoms with Crippen LogP contribution in [0.15, 0.2) is 54.6 Å². The molecular weight excluding hydrogens is 467 g/mol. The molecule has 0 heterocycles. The van der Waals surface area contributed by atoms with Crippen LogP contribution >= 0.6 is 7.82 Å². The first-order valence-electron chi connectivity index (χ1n) is 11.1. The van der Waals surface area contributed by atoms with Crippen molar-refractivity contribution < 1.29 is 18.1 Å². The van der Waals surface area contributed by atoms with Crippen LogP contribution in [-0.4, -0.2) is 42.3 Å². The largest absolute Gasteiger partial charge is 0.647 e. The lowest BCUT2D eigenvalue weighted by Gasteiger charge is -2.24. The van der Waals surface area contributed by atoms with E-state index in [1.165, 1.54) is 0 Å². The molecule has 0 aliphatic carbocycles. The first kappa shape index (κ1) is 25.7. The van der Waals surface area contributed by atoms with Gasteiger partial charge in [0.05, 0.1) is 17.1 Å². The normalized spacial score (nSPS) is 10.7. The van der Waals surface area contributed by atoms with Gasteiger partial charge in [0.25, 0.3) is 0 Å². The van der Waals surface area contributed by atoms with E-state index in [1.54, 1.807) is 78.7 Å². The van der Waals surface area contributed by atoms with Crippen LogP contribution in [0.3, 0.4) is 0 Å². The highest BCUT2D eigenvalue weighted by molar-refractivity contribution is 7.49. The summed E-state index contributed by atoms with van der Waals surface area (Å²) in [6, 6.07) is 16.0. The molecule has 3 aromatic carbocycles. The average Bonchev–Trinajstić information content (AvgIpc) is 2.87. The second-order valence-electron chi connectivity index (χ2n) is 7.26. The van der Waals surface area contributed by atoms with E-state index in [2.05, 4.69) is 31.9 Å². The van der Waals surface area contributed by atoms with E-state index in [4.69, 9.17) is 13.6 Å². The van der Waals surface area contributed by atoms with Crippen LogP contribution in [0.4, 0.5) is 34.1 Å². The molecule has 0 saturated heterocycles. The summed E-state index contributed by atoms with van der Waals surface area (Å²) in [6.07, 6.45) is 0. The van der Waals surface area contributed by atoms with Crippen molar-refractivity contribution in [2.75, 3.05) is 74.2 Å². The summed E-state index contributed by atoms with van der Waals surface area (Å²) in [4.78, 5) is 0. The Labute approximate surface area is 206 Å². The van der Waals surface area contributed by atoms with E-state index in [-0.39, 0.29) is 0 Å². The van der Waals surface area contributed by atoms with Gasteiger partial charge in [-0.15, -0.1) is 0 Å². The van der Waals surface area contributed by atoms with Crippen LogP contribution in [0.5, 0.6) is 17.2 Å². The summed E-state index contributed by atoms with van der Waals surface area (Å²) < 4.78 is 32.4. The number of rotatable bonds is 12. The standard InChI is InChI=1S/C24H33N6O4P/c1-25-16-10-7-13-19(22(16)28-4)32-35(31,33-20-14-8-11-17(26-2)23(20)29-5)34-21-15-9-12-18(27-3)24(21)30-6/h7-15,25-30H,1-6H3. The molecule has 35 heavy (non-hydrogen) atoms. The van der Waals surface area contributed by atoms with Crippen molar-refractivity contribution in [3.63, 3.8) is 0 Å². The number of para-hydroxylation sites is 3. The van der Waals surface area contributed by atoms with Crippen molar-refractivity contribution in [3.05, 3.63) is 54.6 Å². The molecule has 0 aliphatic rings. The summed E-state index contributed by atoms with van der Waals surface area (Å²) in [6.45, 7) is 0. The van der Waals surface area contributed by atoms with E-state index in [1.807, 2.05) is 18.2 Å². The molecule has 0 saturated carbocycles. The van der Waals surface area contributed by atoms with E-state index in [9.17, 15) is 4.57 Å². The summed E-state index contributed by atoms with van der Waals surface area (Å²) in [5.74, 6) is 0.901. The Morgan fingerprint density at radius 1 is 0.486 bits per heavy atom. The van der Waals surface area contributed by atoms with Gasteiger partial charge in [-0.1, -0.05) is 18.2 Å². The van der Waals surface area contributed by atoms with E-state index < -0.39 is 7.82 Å². The number of phosphoric ester groups is 1. The lowest BCUT2D eigenvalue weighted by Crippen LogP contribution is -2.11. The van der Waals surface area contributed by atoms with Crippen LogP contribution in [0.25, 0.3) is 0 Å². The van der Waals surface area contributed by atoms with Gasteiger partial charge in [-0.3, -0.25) is 0 Å².